The van der Waals surface area contributed by atoms with Gasteiger partial charge in [-0.1, -0.05) is 0 Å². The molecule has 3 heterocycles. The summed E-state index contributed by atoms with van der Waals surface area (Å²) in [7, 11) is 1.96. The molecule has 1 aliphatic heterocycles. The minimum Gasteiger partial charge on any atom is -0.340 e. The van der Waals surface area contributed by atoms with Crippen LogP contribution in [0.15, 0.2) is 18.3 Å². The molecule has 0 amide bonds. The molecule has 1 atom stereocenters. The number of H-pyrrole nitrogens is 1. The standard InChI is InChI=1S/C16H21N5/c1-12-14(8-15(9-17)20(12)2)11-21-7-3-4-13(10-21)16-5-6-18-19-16/h5-6,8,13H,3-4,7,10-11H2,1-2H3,(H,18,19)/t13-/m1/s1. The fourth-order valence-electron chi connectivity index (χ4n) is 3.22. The highest BCUT2D eigenvalue weighted by atomic mass is 15.2. The quantitative estimate of drug-likeness (QED) is 0.940. The lowest BCUT2D eigenvalue weighted by molar-refractivity contribution is 0.198. The first-order valence-electron chi connectivity index (χ1n) is 7.46. The van der Waals surface area contributed by atoms with Crippen LogP contribution in [-0.2, 0) is 13.6 Å². The van der Waals surface area contributed by atoms with E-state index in [-0.39, 0.29) is 0 Å². The maximum absolute atomic E-state index is 9.13. The number of piperidine rings is 1. The molecule has 21 heavy (non-hydrogen) atoms. The second-order valence-electron chi connectivity index (χ2n) is 5.90. The first kappa shape index (κ1) is 13.9. The van der Waals surface area contributed by atoms with E-state index in [1.807, 2.05) is 23.9 Å². The van der Waals surface area contributed by atoms with Crippen LogP contribution in [0.2, 0.25) is 0 Å². The van der Waals surface area contributed by atoms with Crippen molar-refractivity contribution < 1.29 is 0 Å². The van der Waals surface area contributed by atoms with Crippen molar-refractivity contribution in [2.24, 2.45) is 7.05 Å². The molecule has 5 nitrogen and oxygen atoms in total. The molecule has 1 fully saturated rings. The summed E-state index contributed by atoms with van der Waals surface area (Å²) in [4.78, 5) is 2.48. The van der Waals surface area contributed by atoms with Crippen LogP contribution in [-0.4, -0.2) is 32.8 Å². The minimum atomic E-state index is 0.542. The lowest BCUT2D eigenvalue weighted by Crippen LogP contribution is -2.34. The predicted octanol–water partition coefficient (Wildman–Crippen LogP) is 2.31. The Labute approximate surface area is 125 Å². The van der Waals surface area contributed by atoms with Gasteiger partial charge in [0.2, 0.25) is 0 Å². The van der Waals surface area contributed by atoms with Gasteiger partial charge in [0.15, 0.2) is 0 Å². The van der Waals surface area contributed by atoms with Gasteiger partial charge in [-0.3, -0.25) is 10.00 Å². The average Bonchev–Trinajstić information content (AvgIpc) is 3.12. The van der Waals surface area contributed by atoms with Crippen LogP contribution in [0.4, 0.5) is 0 Å². The molecule has 2 aromatic rings. The van der Waals surface area contributed by atoms with Crippen molar-refractivity contribution in [1.29, 1.82) is 5.26 Å². The van der Waals surface area contributed by atoms with Crippen LogP contribution in [0.1, 0.15) is 41.4 Å². The fourth-order valence-corrected chi connectivity index (χ4v) is 3.22. The van der Waals surface area contributed by atoms with Gasteiger partial charge in [0.25, 0.3) is 0 Å². The zero-order chi connectivity index (χ0) is 14.8. The highest BCUT2D eigenvalue weighted by molar-refractivity contribution is 5.34. The molecule has 0 spiro atoms. The zero-order valence-corrected chi connectivity index (χ0v) is 12.6. The molecule has 0 unspecified atom stereocenters. The van der Waals surface area contributed by atoms with E-state index in [0.29, 0.717) is 5.92 Å². The van der Waals surface area contributed by atoms with E-state index in [9.17, 15) is 0 Å². The molecule has 110 valence electrons. The Kier molecular flexibility index (Phi) is 3.80. The second kappa shape index (κ2) is 5.74. The maximum Gasteiger partial charge on any atom is 0.120 e. The molecule has 2 aromatic heterocycles. The Morgan fingerprint density at radius 2 is 2.38 bits per heavy atom. The van der Waals surface area contributed by atoms with Crippen LogP contribution in [0, 0.1) is 18.3 Å². The molecule has 1 aliphatic rings. The van der Waals surface area contributed by atoms with Gasteiger partial charge < -0.3 is 4.57 Å². The van der Waals surface area contributed by atoms with Crippen LogP contribution >= 0.6 is 0 Å². The molecule has 0 aliphatic carbocycles. The van der Waals surface area contributed by atoms with Crippen LogP contribution < -0.4 is 0 Å². The van der Waals surface area contributed by atoms with E-state index in [0.717, 1.165) is 25.3 Å². The minimum absolute atomic E-state index is 0.542. The van der Waals surface area contributed by atoms with E-state index >= 15 is 0 Å². The topological polar surface area (TPSA) is 60.6 Å². The van der Waals surface area contributed by atoms with Gasteiger partial charge in [-0.2, -0.15) is 10.4 Å². The Bertz CT molecular complexity index is 647. The molecular formula is C16H21N5. The average molecular weight is 283 g/mol. The van der Waals surface area contributed by atoms with Gasteiger partial charge in [-0.15, -0.1) is 0 Å². The summed E-state index contributed by atoms with van der Waals surface area (Å²) in [6.45, 7) is 5.19. The van der Waals surface area contributed by atoms with E-state index in [1.54, 1.807) is 0 Å². The number of nitrogens with one attached hydrogen (secondary N) is 1. The Morgan fingerprint density at radius 1 is 1.52 bits per heavy atom. The maximum atomic E-state index is 9.13. The van der Waals surface area contributed by atoms with Gasteiger partial charge in [0.1, 0.15) is 11.8 Å². The second-order valence-corrected chi connectivity index (χ2v) is 5.90. The number of nitrogens with zero attached hydrogens (tertiary/aromatic N) is 4. The summed E-state index contributed by atoms with van der Waals surface area (Å²) < 4.78 is 1.98. The molecule has 0 radical (unpaired) electrons. The van der Waals surface area contributed by atoms with Crippen LogP contribution in [0.3, 0.4) is 0 Å². The summed E-state index contributed by atoms with van der Waals surface area (Å²) in [6, 6.07) is 6.36. The molecule has 0 bridgehead atoms. The van der Waals surface area contributed by atoms with Crippen molar-refractivity contribution >= 4 is 0 Å². The van der Waals surface area contributed by atoms with Crippen molar-refractivity contribution in [3.63, 3.8) is 0 Å². The summed E-state index contributed by atoms with van der Waals surface area (Å²) in [5.41, 5.74) is 4.43. The van der Waals surface area contributed by atoms with Crippen molar-refractivity contribution in [2.45, 2.75) is 32.2 Å². The molecular weight excluding hydrogens is 262 g/mol. The Balaban J connectivity index is 1.72. The summed E-state index contributed by atoms with van der Waals surface area (Å²) in [5.74, 6) is 0.542. The first-order chi connectivity index (χ1) is 10.2. The number of aromatic amines is 1. The summed E-state index contributed by atoms with van der Waals surface area (Å²) in [5, 5.41) is 16.3. The van der Waals surface area contributed by atoms with Crippen molar-refractivity contribution in [3.05, 3.63) is 41.0 Å². The van der Waals surface area contributed by atoms with Gasteiger partial charge in [-0.05, 0) is 44.0 Å². The number of likely N-dealkylation sites (tertiary alicyclic amines) is 1. The fraction of sp³-hybridized carbons (Fsp3) is 0.500. The smallest absolute Gasteiger partial charge is 0.120 e. The van der Waals surface area contributed by atoms with E-state index in [1.165, 1.54) is 29.8 Å². The van der Waals surface area contributed by atoms with E-state index in [2.05, 4.69) is 34.2 Å². The summed E-state index contributed by atoms with van der Waals surface area (Å²) in [6.07, 6.45) is 4.26. The number of aromatic nitrogens is 3. The molecule has 1 saturated heterocycles. The van der Waals surface area contributed by atoms with Crippen molar-refractivity contribution in [1.82, 2.24) is 19.7 Å². The van der Waals surface area contributed by atoms with Gasteiger partial charge >= 0.3 is 0 Å². The molecule has 0 saturated carbocycles. The van der Waals surface area contributed by atoms with Crippen LogP contribution in [0.25, 0.3) is 0 Å². The van der Waals surface area contributed by atoms with Gasteiger partial charge in [-0.25, -0.2) is 0 Å². The van der Waals surface area contributed by atoms with Crippen LogP contribution in [0.5, 0.6) is 0 Å². The zero-order valence-electron chi connectivity index (χ0n) is 12.6. The highest BCUT2D eigenvalue weighted by Gasteiger charge is 2.23. The van der Waals surface area contributed by atoms with Crippen molar-refractivity contribution in [2.75, 3.05) is 13.1 Å². The third-order valence-electron chi connectivity index (χ3n) is 4.62. The highest BCUT2D eigenvalue weighted by Crippen LogP contribution is 2.27. The van der Waals surface area contributed by atoms with E-state index < -0.39 is 0 Å². The Morgan fingerprint density at radius 3 is 3.05 bits per heavy atom. The molecule has 3 rings (SSSR count). The Hall–Kier alpha value is -2.06. The van der Waals surface area contributed by atoms with Crippen molar-refractivity contribution in [3.8, 4) is 6.07 Å². The largest absolute Gasteiger partial charge is 0.340 e. The number of hydrogen-bond acceptors (Lipinski definition) is 3. The third kappa shape index (κ3) is 2.72. The lowest BCUT2D eigenvalue weighted by Gasteiger charge is -2.32. The third-order valence-corrected chi connectivity index (χ3v) is 4.62. The first-order valence-corrected chi connectivity index (χ1v) is 7.46. The number of rotatable bonds is 3. The lowest BCUT2D eigenvalue weighted by atomic mass is 9.94. The normalized spacial score (nSPS) is 19.6. The molecule has 0 aromatic carbocycles. The molecule has 1 N–H and O–H groups in total. The number of nitriles is 1. The van der Waals surface area contributed by atoms with E-state index in [4.69, 9.17) is 5.26 Å². The SMILES string of the molecule is Cc1c(CN2CCC[C@@H](c3ccn[nH]3)C2)cc(C#N)n1C. The van der Waals surface area contributed by atoms with Gasteiger partial charge in [0, 0.05) is 43.6 Å². The van der Waals surface area contributed by atoms with Gasteiger partial charge in [0.05, 0.1) is 0 Å². The summed E-state index contributed by atoms with van der Waals surface area (Å²) >= 11 is 0. The predicted molar refractivity (Wildman–Crippen MR) is 80.7 cm³/mol. The molecule has 5 heteroatoms. The number of hydrogen-bond donors (Lipinski definition) is 1. The monoisotopic (exact) mass is 283 g/mol.